The van der Waals surface area contributed by atoms with Crippen molar-refractivity contribution in [2.45, 2.75) is 0 Å². The van der Waals surface area contributed by atoms with Gasteiger partial charge in [0.05, 0.1) is 23.8 Å². The molecular weight excluding hydrogens is 378 g/mol. The molecule has 3 N–H and O–H groups in total. The number of aromatic amines is 1. The smallest absolute Gasteiger partial charge is 0.270 e. The standard InChI is InChI=1S/C22H27N7O/c1-23-15-24-22(30)19-5-3-4-18(25-19)21-14-20(26-27-21)16-6-8-17(9-7-16)29-12-10-28(2)11-13-29/h3-9,14,23H,10-13,15H2,1-2H3,(H,24,30)(H,26,27). The summed E-state index contributed by atoms with van der Waals surface area (Å²) in [5, 5.41) is 13.1. The highest BCUT2D eigenvalue weighted by Crippen LogP contribution is 2.25. The van der Waals surface area contributed by atoms with E-state index in [1.54, 1.807) is 13.1 Å². The van der Waals surface area contributed by atoms with Crippen molar-refractivity contribution in [3.63, 3.8) is 0 Å². The summed E-state index contributed by atoms with van der Waals surface area (Å²) in [5.41, 5.74) is 4.95. The minimum atomic E-state index is -0.217. The first-order chi connectivity index (χ1) is 14.6. The molecule has 1 aliphatic heterocycles. The van der Waals surface area contributed by atoms with Gasteiger partial charge in [0.25, 0.3) is 5.91 Å². The molecule has 3 heterocycles. The molecule has 1 fully saturated rings. The van der Waals surface area contributed by atoms with Crippen LogP contribution in [0.25, 0.3) is 22.6 Å². The van der Waals surface area contributed by atoms with Crippen molar-refractivity contribution in [3.8, 4) is 22.6 Å². The van der Waals surface area contributed by atoms with Crippen molar-refractivity contribution < 1.29 is 4.79 Å². The maximum atomic E-state index is 12.1. The Morgan fingerprint density at radius 2 is 1.83 bits per heavy atom. The number of aromatic nitrogens is 3. The number of rotatable bonds is 6. The van der Waals surface area contributed by atoms with E-state index in [1.165, 1.54) is 5.69 Å². The summed E-state index contributed by atoms with van der Waals surface area (Å²) in [6, 6.07) is 15.8. The molecule has 0 atom stereocenters. The maximum absolute atomic E-state index is 12.1. The molecule has 2 aromatic heterocycles. The maximum Gasteiger partial charge on any atom is 0.270 e. The first-order valence-corrected chi connectivity index (χ1v) is 10.1. The van der Waals surface area contributed by atoms with Crippen molar-refractivity contribution >= 4 is 11.6 Å². The highest BCUT2D eigenvalue weighted by molar-refractivity contribution is 5.92. The van der Waals surface area contributed by atoms with Gasteiger partial charge in [-0.05, 0) is 44.4 Å². The predicted octanol–water partition coefficient (Wildman–Crippen LogP) is 1.80. The molecule has 8 nitrogen and oxygen atoms in total. The van der Waals surface area contributed by atoms with Gasteiger partial charge in [-0.25, -0.2) is 4.98 Å². The molecule has 0 radical (unpaired) electrons. The summed E-state index contributed by atoms with van der Waals surface area (Å²) in [6.45, 7) is 4.66. The Labute approximate surface area is 176 Å². The molecule has 1 aromatic carbocycles. The molecular formula is C22H27N7O. The molecule has 30 heavy (non-hydrogen) atoms. The number of nitrogens with one attached hydrogen (secondary N) is 3. The number of pyridine rings is 1. The zero-order valence-electron chi connectivity index (χ0n) is 17.4. The van der Waals surface area contributed by atoms with E-state index in [9.17, 15) is 4.79 Å². The molecule has 1 amide bonds. The Balaban J connectivity index is 1.48. The van der Waals surface area contributed by atoms with Gasteiger partial charge in [0.2, 0.25) is 0 Å². The van der Waals surface area contributed by atoms with Crippen molar-refractivity contribution in [2.75, 3.05) is 51.8 Å². The van der Waals surface area contributed by atoms with Crippen LogP contribution in [0, 0.1) is 0 Å². The molecule has 0 bridgehead atoms. The Hall–Kier alpha value is -3.23. The van der Waals surface area contributed by atoms with Gasteiger partial charge in [-0.15, -0.1) is 0 Å². The number of anilines is 1. The summed E-state index contributed by atoms with van der Waals surface area (Å²) >= 11 is 0. The average molecular weight is 406 g/mol. The number of hydrogen-bond acceptors (Lipinski definition) is 6. The van der Waals surface area contributed by atoms with Crippen LogP contribution >= 0.6 is 0 Å². The number of carbonyl (C=O) groups is 1. The summed E-state index contributed by atoms with van der Waals surface area (Å²) in [7, 11) is 3.93. The van der Waals surface area contributed by atoms with Crippen molar-refractivity contribution in [2.24, 2.45) is 0 Å². The number of benzene rings is 1. The molecule has 0 saturated carbocycles. The van der Waals surface area contributed by atoms with Gasteiger partial charge in [0.15, 0.2) is 0 Å². The lowest BCUT2D eigenvalue weighted by Crippen LogP contribution is -2.44. The van der Waals surface area contributed by atoms with Crippen molar-refractivity contribution in [3.05, 3.63) is 54.2 Å². The molecule has 4 rings (SSSR count). The topological polar surface area (TPSA) is 89.2 Å². The highest BCUT2D eigenvalue weighted by Gasteiger charge is 2.15. The third kappa shape index (κ3) is 4.50. The number of piperazine rings is 1. The number of H-pyrrole nitrogens is 1. The van der Waals surface area contributed by atoms with E-state index < -0.39 is 0 Å². The van der Waals surface area contributed by atoms with Crippen LogP contribution < -0.4 is 15.5 Å². The summed E-state index contributed by atoms with van der Waals surface area (Å²) in [5.74, 6) is -0.217. The van der Waals surface area contributed by atoms with E-state index in [2.05, 4.69) is 66.9 Å². The monoisotopic (exact) mass is 405 g/mol. The van der Waals surface area contributed by atoms with Crippen LogP contribution in [0.5, 0.6) is 0 Å². The van der Waals surface area contributed by atoms with Crippen LogP contribution in [0.15, 0.2) is 48.5 Å². The van der Waals surface area contributed by atoms with Gasteiger partial charge >= 0.3 is 0 Å². The largest absolute Gasteiger partial charge is 0.369 e. The second-order valence-electron chi connectivity index (χ2n) is 7.45. The zero-order valence-corrected chi connectivity index (χ0v) is 17.4. The molecule has 3 aromatic rings. The zero-order chi connectivity index (χ0) is 20.9. The highest BCUT2D eigenvalue weighted by atomic mass is 16.1. The normalized spacial score (nSPS) is 14.7. The summed E-state index contributed by atoms with van der Waals surface area (Å²) in [6.07, 6.45) is 0. The second kappa shape index (κ2) is 9.06. The molecule has 0 spiro atoms. The quantitative estimate of drug-likeness (QED) is 0.542. The van der Waals surface area contributed by atoms with Gasteiger partial charge < -0.3 is 20.4 Å². The number of likely N-dealkylation sites (N-methyl/N-ethyl adjacent to an activating group) is 1. The molecule has 156 valence electrons. The van der Waals surface area contributed by atoms with E-state index in [-0.39, 0.29) is 5.91 Å². The van der Waals surface area contributed by atoms with E-state index in [0.717, 1.165) is 43.1 Å². The Morgan fingerprint density at radius 3 is 2.57 bits per heavy atom. The fourth-order valence-electron chi connectivity index (χ4n) is 3.48. The third-order valence-electron chi connectivity index (χ3n) is 5.29. The first kappa shape index (κ1) is 20.1. The Bertz CT molecular complexity index is 991. The second-order valence-corrected chi connectivity index (χ2v) is 7.45. The lowest BCUT2D eigenvalue weighted by Gasteiger charge is -2.34. The van der Waals surface area contributed by atoms with Gasteiger partial charge in [-0.3, -0.25) is 9.89 Å². The summed E-state index contributed by atoms with van der Waals surface area (Å²) < 4.78 is 0. The lowest BCUT2D eigenvalue weighted by molar-refractivity contribution is 0.0946. The van der Waals surface area contributed by atoms with Gasteiger partial charge in [0, 0.05) is 37.4 Å². The minimum Gasteiger partial charge on any atom is -0.369 e. The van der Waals surface area contributed by atoms with Crippen molar-refractivity contribution in [1.82, 2.24) is 30.7 Å². The summed E-state index contributed by atoms with van der Waals surface area (Å²) in [4.78, 5) is 21.4. The van der Waals surface area contributed by atoms with Gasteiger partial charge in [0.1, 0.15) is 5.69 Å². The molecule has 1 aliphatic rings. The van der Waals surface area contributed by atoms with Gasteiger partial charge in [-0.1, -0.05) is 18.2 Å². The van der Waals surface area contributed by atoms with Crippen LogP contribution in [0.1, 0.15) is 10.5 Å². The minimum absolute atomic E-state index is 0.217. The average Bonchev–Trinajstić information content (AvgIpc) is 3.29. The fraction of sp³-hybridized carbons (Fsp3) is 0.318. The molecule has 1 saturated heterocycles. The Kier molecular flexibility index (Phi) is 6.06. The van der Waals surface area contributed by atoms with Crippen LogP contribution in [0.3, 0.4) is 0 Å². The van der Waals surface area contributed by atoms with Gasteiger partial charge in [-0.2, -0.15) is 5.10 Å². The van der Waals surface area contributed by atoms with Crippen LogP contribution in [0.4, 0.5) is 5.69 Å². The predicted molar refractivity (Wildman–Crippen MR) is 118 cm³/mol. The van der Waals surface area contributed by atoms with Crippen LogP contribution in [-0.2, 0) is 0 Å². The number of carbonyl (C=O) groups excluding carboxylic acids is 1. The van der Waals surface area contributed by atoms with Crippen LogP contribution in [0.2, 0.25) is 0 Å². The lowest BCUT2D eigenvalue weighted by atomic mass is 10.1. The number of nitrogens with zero attached hydrogens (tertiary/aromatic N) is 4. The molecule has 0 aliphatic carbocycles. The SMILES string of the molecule is CNCNC(=O)c1cccc(-c2cc(-c3ccc(N4CCN(C)CC4)cc3)n[nH]2)n1. The molecule has 8 heteroatoms. The van der Waals surface area contributed by atoms with Crippen LogP contribution in [-0.4, -0.2) is 72.9 Å². The first-order valence-electron chi connectivity index (χ1n) is 10.1. The van der Waals surface area contributed by atoms with E-state index in [4.69, 9.17) is 0 Å². The number of amides is 1. The van der Waals surface area contributed by atoms with Crippen molar-refractivity contribution in [1.29, 1.82) is 0 Å². The molecule has 0 unspecified atom stereocenters. The van der Waals surface area contributed by atoms with E-state index in [0.29, 0.717) is 18.1 Å². The van der Waals surface area contributed by atoms with E-state index in [1.807, 2.05) is 18.2 Å². The third-order valence-corrected chi connectivity index (χ3v) is 5.29. The van der Waals surface area contributed by atoms with E-state index >= 15 is 0 Å². The number of hydrogen-bond donors (Lipinski definition) is 3. The Morgan fingerprint density at radius 1 is 1.07 bits per heavy atom. The fourth-order valence-corrected chi connectivity index (χ4v) is 3.48.